The van der Waals surface area contributed by atoms with E-state index in [0.717, 1.165) is 0 Å². The van der Waals surface area contributed by atoms with Crippen LogP contribution in [0.15, 0.2) is 15.5 Å². The van der Waals surface area contributed by atoms with Crippen LogP contribution in [0.25, 0.3) is 0 Å². The first-order chi connectivity index (χ1) is 12.1. The fourth-order valence-corrected chi connectivity index (χ4v) is 3.80. The standard InChI is InChI=1S/C16H22BrNO7/c1-21-7-4-16-11(23-6-3-5-19)9-18-8-10(17)13(20)14(22-2)12(18)15(16)24-25-16/h8,11,15,19H,3-7,9H2,1-2H3. The van der Waals surface area contributed by atoms with E-state index in [0.29, 0.717) is 42.8 Å². The molecule has 1 fully saturated rings. The minimum Gasteiger partial charge on any atom is -0.491 e. The number of aromatic nitrogens is 1. The maximum atomic E-state index is 12.4. The molecule has 2 aliphatic rings. The summed E-state index contributed by atoms with van der Waals surface area (Å²) in [5.74, 6) is 0.235. The summed E-state index contributed by atoms with van der Waals surface area (Å²) in [5.41, 5.74) is -0.344. The number of aliphatic hydroxyl groups is 1. The molecule has 1 aromatic rings. The molecule has 3 unspecified atom stereocenters. The molecule has 0 spiro atoms. The van der Waals surface area contributed by atoms with Gasteiger partial charge in [0.15, 0.2) is 17.5 Å². The van der Waals surface area contributed by atoms with Gasteiger partial charge in [-0.1, -0.05) is 0 Å². The van der Waals surface area contributed by atoms with Crippen LogP contribution >= 0.6 is 15.9 Å². The Morgan fingerprint density at radius 3 is 2.84 bits per heavy atom. The van der Waals surface area contributed by atoms with Gasteiger partial charge in [-0.25, -0.2) is 9.78 Å². The molecule has 25 heavy (non-hydrogen) atoms. The molecular formula is C16H22BrNO7. The van der Waals surface area contributed by atoms with Gasteiger partial charge in [0.2, 0.25) is 5.43 Å². The minimum absolute atomic E-state index is 0.0568. The van der Waals surface area contributed by atoms with Gasteiger partial charge in [0, 0.05) is 39.5 Å². The van der Waals surface area contributed by atoms with Gasteiger partial charge in [-0.2, -0.15) is 0 Å². The summed E-state index contributed by atoms with van der Waals surface area (Å²) < 4.78 is 18.9. The fourth-order valence-electron chi connectivity index (χ4n) is 3.37. The monoisotopic (exact) mass is 419 g/mol. The Bertz CT molecular complexity index is 679. The lowest BCUT2D eigenvalue weighted by molar-refractivity contribution is -0.539. The molecule has 8 nitrogen and oxygen atoms in total. The van der Waals surface area contributed by atoms with E-state index in [4.69, 9.17) is 29.1 Å². The Kier molecular flexibility index (Phi) is 5.81. The molecule has 0 radical (unpaired) electrons. The molecule has 0 saturated carbocycles. The molecule has 1 saturated heterocycles. The molecule has 2 aliphatic heterocycles. The second-order valence-corrected chi connectivity index (χ2v) is 6.93. The average molecular weight is 420 g/mol. The van der Waals surface area contributed by atoms with Crippen LogP contribution in [0.5, 0.6) is 5.75 Å². The lowest BCUT2D eigenvalue weighted by Gasteiger charge is -2.54. The smallest absolute Gasteiger partial charge is 0.237 e. The van der Waals surface area contributed by atoms with E-state index in [1.807, 2.05) is 4.57 Å². The first-order valence-electron chi connectivity index (χ1n) is 8.11. The Morgan fingerprint density at radius 2 is 2.24 bits per heavy atom. The number of hydrogen-bond acceptors (Lipinski definition) is 7. The third kappa shape index (κ3) is 3.13. The van der Waals surface area contributed by atoms with E-state index >= 15 is 0 Å². The van der Waals surface area contributed by atoms with Crippen LogP contribution in [0.2, 0.25) is 0 Å². The molecular weight excluding hydrogens is 398 g/mol. The molecule has 0 aliphatic carbocycles. The van der Waals surface area contributed by atoms with Crippen molar-refractivity contribution in [3.8, 4) is 5.75 Å². The summed E-state index contributed by atoms with van der Waals surface area (Å²) in [7, 11) is 3.08. The highest BCUT2D eigenvalue weighted by Crippen LogP contribution is 2.53. The third-order valence-electron chi connectivity index (χ3n) is 4.66. The van der Waals surface area contributed by atoms with Crippen LogP contribution in [0.4, 0.5) is 0 Å². The van der Waals surface area contributed by atoms with Gasteiger partial charge in [-0.15, -0.1) is 0 Å². The van der Waals surface area contributed by atoms with Crippen LogP contribution < -0.4 is 10.2 Å². The van der Waals surface area contributed by atoms with E-state index in [-0.39, 0.29) is 23.9 Å². The Balaban J connectivity index is 2.01. The number of aliphatic hydroxyl groups excluding tert-OH is 1. The summed E-state index contributed by atoms with van der Waals surface area (Å²) in [4.78, 5) is 23.3. The van der Waals surface area contributed by atoms with Crippen molar-refractivity contribution in [3.63, 3.8) is 0 Å². The molecule has 0 bridgehead atoms. The molecule has 3 heterocycles. The SMILES string of the molecule is COCCC12OOC1c1c(OC)c(=O)c(Br)cn1CC2OCCCO. The Hall–Kier alpha value is -0.970. The van der Waals surface area contributed by atoms with E-state index < -0.39 is 11.7 Å². The van der Waals surface area contributed by atoms with Crippen LogP contribution in [0, 0.1) is 0 Å². The number of ether oxygens (including phenoxy) is 3. The molecule has 3 rings (SSSR count). The van der Waals surface area contributed by atoms with Crippen molar-refractivity contribution in [1.29, 1.82) is 0 Å². The van der Waals surface area contributed by atoms with Crippen LogP contribution in [-0.2, 0) is 25.8 Å². The van der Waals surface area contributed by atoms with Gasteiger partial charge >= 0.3 is 0 Å². The first-order valence-corrected chi connectivity index (χ1v) is 8.91. The van der Waals surface area contributed by atoms with Gasteiger partial charge in [0.1, 0.15) is 11.8 Å². The lowest BCUT2D eigenvalue weighted by atomic mass is 9.80. The van der Waals surface area contributed by atoms with Crippen LogP contribution in [0.3, 0.4) is 0 Å². The predicted octanol–water partition coefficient (Wildman–Crippen LogP) is 1.18. The number of methoxy groups -OCH3 is 2. The highest BCUT2D eigenvalue weighted by Gasteiger charge is 2.62. The summed E-state index contributed by atoms with van der Waals surface area (Å²) in [6, 6.07) is 0. The van der Waals surface area contributed by atoms with Gasteiger partial charge in [0.25, 0.3) is 0 Å². The minimum atomic E-state index is -0.751. The van der Waals surface area contributed by atoms with Crippen molar-refractivity contribution in [2.45, 2.75) is 37.2 Å². The van der Waals surface area contributed by atoms with E-state index in [1.54, 1.807) is 13.3 Å². The fraction of sp³-hybridized carbons (Fsp3) is 0.688. The second-order valence-electron chi connectivity index (χ2n) is 6.07. The van der Waals surface area contributed by atoms with Crippen molar-refractivity contribution < 1.29 is 29.1 Å². The molecule has 1 N–H and O–H groups in total. The maximum Gasteiger partial charge on any atom is 0.237 e. The average Bonchev–Trinajstić information content (AvgIpc) is 2.58. The van der Waals surface area contributed by atoms with Crippen LogP contribution in [0.1, 0.15) is 24.6 Å². The van der Waals surface area contributed by atoms with Crippen molar-refractivity contribution in [1.82, 2.24) is 4.57 Å². The summed E-state index contributed by atoms with van der Waals surface area (Å²) in [6.45, 7) is 1.39. The van der Waals surface area contributed by atoms with Gasteiger partial charge in [-0.3, -0.25) is 4.79 Å². The number of fused-ring (bicyclic) bond motifs is 3. The zero-order chi connectivity index (χ0) is 18.0. The van der Waals surface area contributed by atoms with Crippen LogP contribution in [-0.4, -0.2) is 55.4 Å². The summed E-state index contributed by atoms with van der Waals surface area (Å²) in [5, 5.41) is 9.01. The number of pyridine rings is 1. The number of rotatable bonds is 8. The van der Waals surface area contributed by atoms with E-state index in [9.17, 15) is 4.79 Å². The second kappa shape index (κ2) is 7.73. The van der Waals surface area contributed by atoms with Crippen molar-refractivity contribution in [2.75, 3.05) is 34.0 Å². The third-order valence-corrected chi connectivity index (χ3v) is 5.22. The molecule has 1 aromatic heterocycles. The molecule has 3 atom stereocenters. The number of hydrogen-bond donors (Lipinski definition) is 1. The van der Waals surface area contributed by atoms with E-state index in [2.05, 4.69) is 15.9 Å². The zero-order valence-electron chi connectivity index (χ0n) is 14.2. The highest BCUT2D eigenvalue weighted by molar-refractivity contribution is 9.10. The molecule has 9 heteroatoms. The van der Waals surface area contributed by atoms with Crippen molar-refractivity contribution in [3.05, 3.63) is 26.6 Å². The Morgan fingerprint density at radius 1 is 1.44 bits per heavy atom. The normalized spacial score (nSPS) is 27.4. The quantitative estimate of drug-likeness (QED) is 0.499. The number of nitrogens with zero attached hydrogens (tertiary/aromatic N) is 1. The van der Waals surface area contributed by atoms with E-state index in [1.165, 1.54) is 7.11 Å². The van der Waals surface area contributed by atoms with Crippen molar-refractivity contribution in [2.24, 2.45) is 0 Å². The molecule has 0 amide bonds. The summed E-state index contributed by atoms with van der Waals surface area (Å²) >= 11 is 3.28. The number of halogens is 1. The molecule has 0 aromatic carbocycles. The zero-order valence-corrected chi connectivity index (χ0v) is 15.8. The van der Waals surface area contributed by atoms with Crippen molar-refractivity contribution >= 4 is 15.9 Å². The largest absolute Gasteiger partial charge is 0.491 e. The highest BCUT2D eigenvalue weighted by atomic mass is 79.9. The Labute approximate surface area is 153 Å². The lowest BCUT2D eigenvalue weighted by Crippen LogP contribution is -2.64. The van der Waals surface area contributed by atoms with Gasteiger partial charge < -0.3 is 23.9 Å². The maximum absolute atomic E-state index is 12.4. The van der Waals surface area contributed by atoms with Gasteiger partial charge in [0.05, 0.1) is 18.1 Å². The topological polar surface area (TPSA) is 88.4 Å². The predicted molar refractivity (Wildman–Crippen MR) is 90.5 cm³/mol. The first kappa shape index (κ1) is 18.8. The van der Waals surface area contributed by atoms with Gasteiger partial charge in [-0.05, 0) is 22.4 Å². The molecule has 140 valence electrons. The summed E-state index contributed by atoms with van der Waals surface area (Å²) in [6.07, 6.45) is 1.99.